The maximum Gasteiger partial charge on any atom is 0.0705 e. The number of benzene rings is 2. The average molecular weight is 337 g/mol. The highest BCUT2D eigenvalue weighted by atomic mass is 14.7. The van der Waals surface area contributed by atoms with Crippen LogP contribution in [0.4, 0.5) is 0 Å². The molecule has 0 amide bonds. The first-order valence-corrected chi connectivity index (χ1v) is 9.87. The molecule has 0 spiro atoms. The van der Waals surface area contributed by atoms with Crippen molar-refractivity contribution in [1.29, 1.82) is 0 Å². The van der Waals surface area contributed by atoms with Crippen LogP contribution in [0.2, 0.25) is 0 Å². The topological polar surface area (TPSA) is 12.9 Å². The van der Waals surface area contributed by atoms with E-state index in [1.54, 1.807) is 5.56 Å². The molecule has 0 aliphatic heterocycles. The van der Waals surface area contributed by atoms with Crippen LogP contribution in [-0.2, 0) is 5.41 Å². The molecule has 1 fully saturated rings. The molecule has 1 nitrogen and oxygen atoms in total. The second-order valence-electron chi connectivity index (χ2n) is 8.84. The number of pyridine rings is 1. The van der Waals surface area contributed by atoms with Crippen molar-refractivity contribution in [2.45, 2.75) is 50.4 Å². The molecule has 128 valence electrons. The normalized spacial score (nSPS) is 23.6. The van der Waals surface area contributed by atoms with Crippen molar-refractivity contribution < 1.29 is 0 Å². The maximum atomic E-state index is 4.86. The summed E-state index contributed by atoms with van der Waals surface area (Å²) in [6.45, 7) is 4.69. The number of aromatic nitrogens is 1. The second-order valence-corrected chi connectivity index (χ2v) is 8.84. The van der Waals surface area contributed by atoms with Gasteiger partial charge in [-0.3, -0.25) is 4.98 Å². The lowest BCUT2D eigenvalue weighted by atomic mass is 9.81. The van der Waals surface area contributed by atoms with Gasteiger partial charge in [0.05, 0.1) is 5.69 Å². The first-order valence-electron chi connectivity index (χ1n) is 9.87. The van der Waals surface area contributed by atoms with Gasteiger partial charge in [0, 0.05) is 17.2 Å². The molecular weight excluding hydrogens is 314 g/mol. The largest absolute Gasteiger partial charge is 0.256 e. The third kappa shape index (κ3) is 1.79. The van der Waals surface area contributed by atoms with Gasteiger partial charge in [0.2, 0.25) is 0 Å². The summed E-state index contributed by atoms with van der Waals surface area (Å²) in [4.78, 5) is 4.86. The Morgan fingerprint density at radius 1 is 0.846 bits per heavy atom. The van der Waals surface area contributed by atoms with Crippen LogP contribution in [0, 0.1) is 0 Å². The summed E-state index contributed by atoms with van der Waals surface area (Å²) in [6.07, 6.45) is 6.26. The minimum Gasteiger partial charge on any atom is -0.256 e. The van der Waals surface area contributed by atoms with E-state index in [-0.39, 0.29) is 5.41 Å². The molecule has 2 unspecified atom stereocenters. The van der Waals surface area contributed by atoms with Gasteiger partial charge in [0.1, 0.15) is 0 Å². The van der Waals surface area contributed by atoms with Crippen LogP contribution < -0.4 is 0 Å². The average Bonchev–Trinajstić information content (AvgIpc) is 3.34. The molecule has 1 heterocycles. The first-order chi connectivity index (χ1) is 12.6. The standard InChI is InChI=1S/C25H23N/c1-25(2)22-6-4-3-5-18(22)19-10-9-17(12-23(19)25)24-13-20-15-7-8-16(11-15)21(20)14-26-24/h3-6,9-10,12-16H,7-8,11H2,1-2H3. The van der Waals surface area contributed by atoms with E-state index in [0.29, 0.717) is 0 Å². The Morgan fingerprint density at radius 2 is 1.62 bits per heavy atom. The molecule has 3 aliphatic rings. The molecule has 3 aliphatic carbocycles. The van der Waals surface area contributed by atoms with Crippen molar-refractivity contribution in [2.75, 3.05) is 0 Å². The highest BCUT2D eigenvalue weighted by molar-refractivity contribution is 5.83. The van der Waals surface area contributed by atoms with Crippen molar-refractivity contribution in [3.8, 4) is 22.4 Å². The lowest BCUT2D eigenvalue weighted by Gasteiger charge is -2.22. The van der Waals surface area contributed by atoms with E-state index in [1.807, 2.05) is 0 Å². The van der Waals surface area contributed by atoms with Crippen LogP contribution in [0.15, 0.2) is 54.7 Å². The molecule has 3 aromatic rings. The van der Waals surface area contributed by atoms with E-state index in [0.717, 1.165) is 17.5 Å². The number of nitrogens with zero attached hydrogens (tertiary/aromatic N) is 1. The predicted octanol–water partition coefficient (Wildman–Crippen LogP) is 6.42. The van der Waals surface area contributed by atoms with Crippen LogP contribution >= 0.6 is 0 Å². The zero-order chi connectivity index (χ0) is 17.5. The van der Waals surface area contributed by atoms with Gasteiger partial charge < -0.3 is 0 Å². The Bertz CT molecular complexity index is 1060. The monoisotopic (exact) mass is 337 g/mol. The van der Waals surface area contributed by atoms with Crippen LogP contribution in [0.25, 0.3) is 22.4 Å². The zero-order valence-corrected chi connectivity index (χ0v) is 15.4. The number of rotatable bonds is 1. The minimum absolute atomic E-state index is 0.0533. The fraction of sp³-hybridized carbons (Fsp3) is 0.320. The molecule has 2 aromatic carbocycles. The van der Waals surface area contributed by atoms with E-state index in [9.17, 15) is 0 Å². The molecule has 1 aromatic heterocycles. The Labute approximate surface area is 155 Å². The number of fused-ring (bicyclic) bond motifs is 8. The molecule has 0 saturated heterocycles. The summed E-state index contributed by atoms with van der Waals surface area (Å²) >= 11 is 0. The van der Waals surface area contributed by atoms with E-state index < -0.39 is 0 Å². The summed E-state index contributed by atoms with van der Waals surface area (Å²) in [5.74, 6) is 1.57. The van der Waals surface area contributed by atoms with E-state index in [4.69, 9.17) is 4.98 Å². The van der Waals surface area contributed by atoms with Gasteiger partial charge >= 0.3 is 0 Å². The smallest absolute Gasteiger partial charge is 0.0705 e. The number of hydrogen-bond acceptors (Lipinski definition) is 1. The first kappa shape index (κ1) is 14.7. The van der Waals surface area contributed by atoms with Crippen LogP contribution in [0.1, 0.15) is 67.2 Å². The summed E-state index contributed by atoms with van der Waals surface area (Å²) < 4.78 is 0. The molecule has 26 heavy (non-hydrogen) atoms. The molecule has 0 radical (unpaired) electrons. The molecule has 2 atom stereocenters. The van der Waals surface area contributed by atoms with Gasteiger partial charge in [0.15, 0.2) is 0 Å². The molecule has 0 N–H and O–H groups in total. The Morgan fingerprint density at radius 3 is 2.50 bits per heavy atom. The van der Waals surface area contributed by atoms with Gasteiger partial charge in [-0.05, 0) is 76.6 Å². The predicted molar refractivity (Wildman–Crippen MR) is 107 cm³/mol. The van der Waals surface area contributed by atoms with Gasteiger partial charge in [-0.2, -0.15) is 0 Å². The minimum atomic E-state index is 0.0533. The molecular formula is C25H23N. The summed E-state index contributed by atoms with van der Waals surface area (Å²) in [5, 5.41) is 0. The highest BCUT2D eigenvalue weighted by Gasteiger charge is 2.38. The summed E-state index contributed by atoms with van der Waals surface area (Å²) in [7, 11) is 0. The van der Waals surface area contributed by atoms with Crippen molar-refractivity contribution in [1.82, 2.24) is 4.98 Å². The van der Waals surface area contributed by atoms with Gasteiger partial charge in [-0.25, -0.2) is 0 Å². The summed E-state index contributed by atoms with van der Waals surface area (Å²) in [5.41, 5.74) is 11.2. The van der Waals surface area contributed by atoms with Crippen molar-refractivity contribution in [3.05, 3.63) is 77.0 Å². The second kappa shape index (κ2) is 4.85. The maximum absolute atomic E-state index is 4.86. The van der Waals surface area contributed by atoms with Crippen LogP contribution in [0.3, 0.4) is 0 Å². The molecule has 2 bridgehead atoms. The quantitative estimate of drug-likeness (QED) is 0.499. The molecule has 6 rings (SSSR count). The van der Waals surface area contributed by atoms with E-state index in [1.165, 1.54) is 52.6 Å². The third-order valence-electron chi connectivity index (χ3n) is 7.16. The van der Waals surface area contributed by atoms with Gasteiger partial charge in [-0.15, -0.1) is 0 Å². The molecule has 1 heteroatoms. The Hall–Kier alpha value is -2.41. The summed E-state index contributed by atoms with van der Waals surface area (Å²) in [6, 6.07) is 18.2. The fourth-order valence-corrected chi connectivity index (χ4v) is 5.74. The van der Waals surface area contributed by atoms with Crippen molar-refractivity contribution in [3.63, 3.8) is 0 Å². The molecule has 1 saturated carbocycles. The van der Waals surface area contributed by atoms with Gasteiger partial charge in [-0.1, -0.05) is 50.2 Å². The zero-order valence-electron chi connectivity index (χ0n) is 15.4. The Balaban J connectivity index is 1.49. The van der Waals surface area contributed by atoms with Crippen molar-refractivity contribution in [2.24, 2.45) is 0 Å². The lowest BCUT2D eigenvalue weighted by molar-refractivity contribution is 0.660. The highest BCUT2D eigenvalue weighted by Crippen LogP contribution is 2.54. The van der Waals surface area contributed by atoms with E-state index >= 15 is 0 Å². The van der Waals surface area contributed by atoms with Crippen LogP contribution in [-0.4, -0.2) is 4.98 Å². The van der Waals surface area contributed by atoms with Gasteiger partial charge in [0.25, 0.3) is 0 Å². The van der Waals surface area contributed by atoms with E-state index in [2.05, 4.69) is 68.6 Å². The lowest BCUT2D eigenvalue weighted by Crippen LogP contribution is -2.14. The number of hydrogen-bond donors (Lipinski definition) is 0. The van der Waals surface area contributed by atoms with Crippen LogP contribution in [0.5, 0.6) is 0 Å². The SMILES string of the molecule is CC1(C)c2ccccc2-c2ccc(-c3cc4c(cn3)C3CCC4C3)cc21. The Kier molecular flexibility index (Phi) is 2.75. The third-order valence-corrected chi connectivity index (χ3v) is 7.16. The fourth-order valence-electron chi connectivity index (χ4n) is 5.74. The van der Waals surface area contributed by atoms with Crippen molar-refractivity contribution >= 4 is 0 Å².